The summed E-state index contributed by atoms with van der Waals surface area (Å²) >= 11 is 0. The van der Waals surface area contributed by atoms with E-state index >= 15 is 0 Å². The molecule has 5 heteroatoms. The van der Waals surface area contributed by atoms with Gasteiger partial charge in [-0.05, 0) is 70.2 Å². The van der Waals surface area contributed by atoms with Gasteiger partial charge in [0, 0.05) is 6.08 Å². The number of carboxylic acids is 1. The molecule has 0 aliphatic heterocycles. The van der Waals surface area contributed by atoms with Crippen LogP contribution in [-0.4, -0.2) is 17.0 Å². The first-order valence-electron chi connectivity index (χ1n) is 11.2. The molecule has 0 spiro atoms. The van der Waals surface area contributed by atoms with E-state index in [2.05, 4.69) is 19.1 Å². The highest BCUT2D eigenvalue weighted by molar-refractivity contribution is 5.99. The largest absolute Gasteiger partial charge is 0.478 e. The van der Waals surface area contributed by atoms with E-state index in [1.54, 1.807) is 30.3 Å². The zero-order valence-electron chi connectivity index (χ0n) is 19.2. The van der Waals surface area contributed by atoms with Gasteiger partial charge >= 0.3 is 11.9 Å². The fraction of sp³-hybridized carbons (Fsp3) is 0.0667. The third-order valence-electron chi connectivity index (χ3n) is 5.47. The molecule has 0 unspecified atom stereocenters. The zero-order valence-corrected chi connectivity index (χ0v) is 19.2. The van der Waals surface area contributed by atoms with Gasteiger partial charge in [0.15, 0.2) is 0 Å². The minimum Gasteiger partial charge on any atom is -0.478 e. The van der Waals surface area contributed by atoms with Crippen molar-refractivity contribution in [1.82, 2.24) is 0 Å². The molecule has 35 heavy (non-hydrogen) atoms. The van der Waals surface area contributed by atoms with Gasteiger partial charge in [-0.3, -0.25) is 0 Å². The lowest BCUT2D eigenvalue weighted by Gasteiger charge is -2.17. The number of hydrogen-bond acceptors (Lipinski definition) is 4. The van der Waals surface area contributed by atoms with Crippen LogP contribution in [0.3, 0.4) is 0 Å². The molecule has 1 heterocycles. The molecule has 0 saturated heterocycles. The second-order valence-corrected chi connectivity index (χ2v) is 7.76. The average molecular weight is 465 g/mol. The van der Waals surface area contributed by atoms with E-state index in [0.717, 1.165) is 40.3 Å². The first-order valence-corrected chi connectivity index (χ1v) is 11.2. The fourth-order valence-electron chi connectivity index (χ4n) is 3.85. The van der Waals surface area contributed by atoms with Crippen LogP contribution in [0.2, 0.25) is 0 Å². The molecule has 4 rings (SSSR count). The normalized spacial score (nSPS) is 11.8. The monoisotopic (exact) mass is 464 g/mol. The third-order valence-corrected chi connectivity index (χ3v) is 5.47. The average Bonchev–Trinajstić information content (AvgIpc) is 3.43. The van der Waals surface area contributed by atoms with E-state index in [9.17, 15) is 9.59 Å². The summed E-state index contributed by atoms with van der Waals surface area (Å²) in [5, 5.41) is 8.90. The van der Waals surface area contributed by atoms with Crippen molar-refractivity contribution in [3.8, 4) is 5.75 Å². The maximum Gasteiger partial charge on any atom is 0.379 e. The van der Waals surface area contributed by atoms with E-state index in [0.29, 0.717) is 5.75 Å². The summed E-state index contributed by atoms with van der Waals surface area (Å²) in [5.41, 5.74) is 6.11. The molecule has 0 aliphatic carbocycles. The van der Waals surface area contributed by atoms with Gasteiger partial charge in [0.1, 0.15) is 5.75 Å². The molecule has 0 atom stereocenters. The van der Waals surface area contributed by atoms with E-state index in [4.69, 9.17) is 14.3 Å². The molecule has 0 amide bonds. The Morgan fingerprint density at radius 3 is 2.06 bits per heavy atom. The van der Waals surface area contributed by atoms with Gasteiger partial charge in [0.05, 0.1) is 6.26 Å². The predicted molar refractivity (Wildman–Crippen MR) is 136 cm³/mol. The molecule has 3 aromatic carbocycles. The number of carbonyl (C=O) groups is 2. The second kappa shape index (κ2) is 11.0. The summed E-state index contributed by atoms with van der Waals surface area (Å²) in [6, 6.07) is 28.5. The van der Waals surface area contributed by atoms with Crippen LogP contribution in [0.25, 0.3) is 17.2 Å². The Kier molecular flexibility index (Phi) is 7.38. The Hall–Kier alpha value is -4.64. The van der Waals surface area contributed by atoms with E-state index in [-0.39, 0.29) is 5.76 Å². The number of aliphatic carboxylic acids is 1. The van der Waals surface area contributed by atoms with Gasteiger partial charge in [0.2, 0.25) is 5.76 Å². The Labute approximate surface area is 203 Å². The summed E-state index contributed by atoms with van der Waals surface area (Å²) < 4.78 is 10.5. The number of esters is 1. The van der Waals surface area contributed by atoms with Crippen molar-refractivity contribution in [3.05, 3.63) is 131 Å². The lowest BCUT2D eigenvalue weighted by Crippen LogP contribution is -2.07. The van der Waals surface area contributed by atoms with E-state index < -0.39 is 11.9 Å². The summed E-state index contributed by atoms with van der Waals surface area (Å²) in [7, 11) is 0. The van der Waals surface area contributed by atoms with Crippen LogP contribution >= 0.6 is 0 Å². The molecule has 1 N–H and O–H groups in total. The first-order chi connectivity index (χ1) is 17.0. The SMILES string of the molecule is CCC(=C(c1ccc(C=CC(=O)O)cc1)c1ccc(OC(=O)c2ccco2)cc1)c1ccccc1. The fourth-order valence-corrected chi connectivity index (χ4v) is 3.85. The third kappa shape index (κ3) is 5.84. The first kappa shape index (κ1) is 23.5. The molecule has 5 nitrogen and oxygen atoms in total. The Morgan fingerprint density at radius 1 is 0.829 bits per heavy atom. The minimum absolute atomic E-state index is 0.143. The molecular formula is C30H24O5. The number of benzene rings is 3. The van der Waals surface area contributed by atoms with Crippen molar-refractivity contribution in [2.45, 2.75) is 13.3 Å². The standard InChI is InChI=1S/C30H24O5/c1-2-26(22-7-4-3-5-8-22)29(23-13-10-21(11-14-23)12-19-28(31)32)24-15-17-25(18-16-24)35-30(33)27-9-6-20-34-27/h3-20H,2H2,1H3,(H,31,32). The maximum absolute atomic E-state index is 12.2. The van der Waals surface area contributed by atoms with Crippen molar-refractivity contribution in [1.29, 1.82) is 0 Å². The minimum atomic E-state index is -0.986. The van der Waals surface area contributed by atoms with Gasteiger partial charge in [-0.25, -0.2) is 9.59 Å². The second-order valence-electron chi connectivity index (χ2n) is 7.76. The van der Waals surface area contributed by atoms with Crippen LogP contribution in [0.5, 0.6) is 5.75 Å². The topological polar surface area (TPSA) is 76.7 Å². The maximum atomic E-state index is 12.2. The molecule has 174 valence electrons. The molecule has 0 fully saturated rings. The van der Waals surface area contributed by atoms with Crippen LogP contribution in [0.1, 0.15) is 46.2 Å². The highest BCUT2D eigenvalue weighted by Crippen LogP contribution is 2.35. The smallest absolute Gasteiger partial charge is 0.379 e. The zero-order chi connectivity index (χ0) is 24.6. The number of allylic oxidation sites excluding steroid dienone is 1. The van der Waals surface area contributed by atoms with Gasteiger partial charge in [-0.2, -0.15) is 0 Å². The van der Waals surface area contributed by atoms with Crippen LogP contribution in [0, 0.1) is 0 Å². The molecule has 0 aliphatic rings. The summed E-state index contributed by atoms with van der Waals surface area (Å²) in [6.07, 6.45) is 4.91. The summed E-state index contributed by atoms with van der Waals surface area (Å²) in [5.74, 6) is -0.979. The van der Waals surface area contributed by atoms with Crippen LogP contribution in [0.4, 0.5) is 0 Å². The Balaban J connectivity index is 1.73. The van der Waals surface area contributed by atoms with Gasteiger partial charge in [0.25, 0.3) is 0 Å². The number of carboxylic acid groups (broad SMARTS) is 1. The number of carbonyl (C=O) groups excluding carboxylic acids is 1. The highest BCUT2D eigenvalue weighted by Gasteiger charge is 2.15. The van der Waals surface area contributed by atoms with Crippen molar-refractivity contribution in [2.75, 3.05) is 0 Å². The van der Waals surface area contributed by atoms with Crippen LogP contribution in [0.15, 0.2) is 108 Å². The molecule has 0 radical (unpaired) electrons. The quantitative estimate of drug-likeness (QED) is 0.132. The van der Waals surface area contributed by atoms with Crippen molar-refractivity contribution < 1.29 is 23.8 Å². The molecule has 1 aromatic heterocycles. The number of furan rings is 1. The van der Waals surface area contributed by atoms with E-state index in [1.165, 1.54) is 11.8 Å². The van der Waals surface area contributed by atoms with Gasteiger partial charge in [-0.1, -0.05) is 73.7 Å². The van der Waals surface area contributed by atoms with Crippen molar-refractivity contribution in [2.24, 2.45) is 0 Å². The number of ether oxygens (including phenoxy) is 1. The number of hydrogen-bond donors (Lipinski definition) is 1. The Morgan fingerprint density at radius 2 is 1.49 bits per heavy atom. The molecule has 0 saturated carbocycles. The number of rotatable bonds is 8. The Bertz CT molecular complexity index is 1340. The lowest BCUT2D eigenvalue weighted by molar-refractivity contribution is -0.131. The lowest BCUT2D eigenvalue weighted by atomic mass is 9.88. The summed E-state index contributed by atoms with van der Waals surface area (Å²) in [4.78, 5) is 23.1. The molecule has 0 bridgehead atoms. The predicted octanol–water partition coefficient (Wildman–Crippen LogP) is 6.97. The molecular weight excluding hydrogens is 440 g/mol. The van der Waals surface area contributed by atoms with Crippen LogP contribution in [-0.2, 0) is 4.79 Å². The van der Waals surface area contributed by atoms with E-state index in [1.807, 2.05) is 54.6 Å². The van der Waals surface area contributed by atoms with Crippen LogP contribution < -0.4 is 4.74 Å². The highest BCUT2D eigenvalue weighted by atomic mass is 16.5. The van der Waals surface area contributed by atoms with Gasteiger partial charge in [-0.15, -0.1) is 0 Å². The van der Waals surface area contributed by atoms with Gasteiger partial charge < -0.3 is 14.3 Å². The van der Waals surface area contributed by atoms with Crippen molar-refractivity contribution in [3.63, 3.8) is 0 Å². The summed E-state index contributed by atoms with van der Waals surface area (Å²) in [6.45, 7) is 2.12. The molecule has 4 aromatic rings. The van der Waals surface area contributed by atoms with Crippen molar-refractivity contribution >= 4 is 29.2 Å².